The Morgan fingerprint density at radius 2 is 2.08 bits per heavy atom. The molecule has 5 nitrogen and oxygen atoms in total. The third-order valence-corrected chi connectivity index (χ3v) is 3.50. The van der Waals surface area contributed by atoms with Crippen molar-refractivity contribution in [3.63, 3.8) is 0 Å². The van der Waals surface area contributed by atoms with Crippen molar-refractivity contribution in [1.29, 1.82) is 5.26 Å². The highest BCUT2D eigenvalue weighted by Gasteiger charge is 2.20. The van der Waals surface area contributed by atoms with E-state index in [4.69, 9.17) is 4.74 Å². The Labute approximate surface area is 139 Å². The number of nitrogens with one attached hydrogen (secondary N) is 1. The summed E-state index contributed by atoms with van der Waals surface area (Å²) in [4.78, 5) is 12.1. The molecule has 0 saturated heterocycles. The van der Waals surface area contributed by atoms with Crippen molar-refractivity contribution in [3.05, 3.63) is 65.5 Å². The Kier molecular flexibility index (Phi) is 5.88. The first kappa shape index (κ1) is 17.4. The van der Waals surface area contributed by atoms with Gasteiger partial charge >= 0.3 is 0 Å². The zero-order chi connectivity index (χ0) is 17.5. The first-order chi connectivity index (χ1) is 11.5. The first-order valence-corrected chi connectivity index (χ1v) is 7.30. The number of methoxy groups -OCH3 is 1. The van der Waals surface area contributed by atoms with E-state index in [9.17, 15) is 19.6 Å². The molecule has 2 rings (SSSR count). The Balaban J connectivity index is 2.06. The van der Waals surface area contributed by atoms with Crippen molar-refractivity contribution < 1.29 is 19.0 Å². The molecule has 0 aliphatic heterocycles. The van der Waals surface area contributed by atoms with Crippen molar-refractivity contribution in [2.45, 2.75) is 18.6 Å². The van der Waals surface area contributed by atoms with Crippen molar-refractivity contribution in [2.24, 2.45) is 0 Å². The molecule has 0 spiro atoms. The zero-order valence-electron chi connectivity index (χ0n) is 13.1. The summed E-state index contributed by atoms with van der Waals surface area (Å²) in [7, 11) is 1.47. The second kappa shape index (κ2) is 8.09. The normalized spacial score (nSPS) is 12.8. The molecule has 124 valence electrons. The van der Waals surface area contributed by atoms with E-state index in [1.807, 2.05) is 6.07 Å². The van der Waals surface area contributed by atoms with Crippen LogP contribution >= 0.6 is 0 Å². The molecule has 0 fully saturated rings. The van der Waals surface area contributed by atoms with Crippen LogP contribution in [0.3, 0.4) is 0 Å². The van der Waals surface area contributed by atoms with Crippen molar-refractivity contribution in [3.8, 4) is 11.8 Å². The van der Waals surface area contributed by atoms with Crippen LogP contribution in [0, 0.1) is 17.1 Å². The quantitative estimate of drug-likeness (QED) is 0.854. The summed E-state index contributed by atoms with van der Waals surface area (Å²) in [5.41, 5.74) is 0.826. The third kappa shape index (κ3) is 4.31. The van der Waals surface area contributed by atoms with Crippen LogP contribution in [0.1, 0.15) is 29.7 Å². The van der Waals surface area contributed by atoms with E-state index in [1.54, 1.807) is 24.3 Å². The Morgan fingerprint density at radius 1 is 1.33 bits per heavy atom. The average Bonchev–Trinajstić information content (AvgIpc) is 2.59. The average molecular weight is 328 g/mol. The van der Waals surface area contributed by atoms with Gasteiger partial charge in [-0.2, -0.15) is 5.26 Å². The lowest BCUT2D eigenvalue weighted by molar-refractivity contribution is -0.123. The third-order valence-electron chi connectivity index (χ3n) is 3.50. The molecule has 0 heterocycles. The van der Waals surface area contributed by atoms with Crippen LogP contribution in [-0.2, 0) is 4.79 Å². The molecule has 2 N–H and O–H groups in total. The van der Waals surface area contributed by atoms with Crippen LogP contribution < -0.4 is 10.1 Å². The number of rotatable bonds is 6. The van der Waals surface area contributed by atoms with Crippen LogP contribution in [0.2, 0.25) is 0 Å². The molecule has 0 saturated carbocycles. The van der Waals surface area contributed by atoms with E-state index in [-0.39, 0.29) is 6.42 Å². The predicted octanol–water partition coefficient (Wildman–Crippen LogP) is 2.64. The van der Waals surface area contributed by atoms with Gasteiger partial charge in [0.1, 0.15) is 17.6 Å². The molecule has 1 amide bonds. The summed E-state index contributed by atoms with van der Waals surface area (Å²) in [6, 6.07) is 13.3. The maximum absolute atomic E-state index is 13.2. The zero-order valence-corrected chi connectivity index (χ0v) is 13.1. The molecular weight excluding hydrogens is 311 g/mol. The lowest BCUT2D eigenvalue weighted by Gasteiger charge is -2.16. The number of amides is 1. The molecular formula is C18H17FN2O3. The van der Waals surface area contributed by atoms with Gasteiger partial charge in [0.05, 0.1) is 25.7 Å². The van der Waals surface area contributed by atoms with E-state index in [0.717, 1.165) is 0 Å². The number of nitriles is 1. The second-order valence-corrected chi connectivity index (χ2v) is 5.15. The highest BCUT2D eigenvalue weighted by molar-refractivity contribution is 5.77. The molecule has 2 atom stereocenters. The number of para-hydroxylation sites is 1. The van der Waals surface area contributed by atoms with Gasteiger partial charge in [-0.15, -0.1) is 0 Å². The van der Waals surface area contributed by atoms with Gasteiger partial charge in [-0.1, -0.05) is 30.3 Å². The number of nitrogens with zero attached hydrogens (tertiary/aromatic N) is 1. The van der Waals surface area contributed by atoms with Gasteiger partial charge in [0, 0.05) is 5.56 Å². The van der Waals surface area contributed by atoms with Gasteiger partial charge in [0.2, 0.25) is 5.91 Å². The highest BCUT2D eigenvalue weighted by atomic mass is 19.1. The van der Waals surface area contributed by atoms with E-state index in [0.29, 0.717) is 16.9 Å². The van der Waals surface area contributed by atoms with E-state index < -0.39 is 23.9 Å². The lowest BCUT2D eigenvalue weighted by atomic mass is 10.0. The molecule has 2 aromatic carbocycles. The maximum atomic E-state index is 13.2. The Hall–Kier alpha value is -2.91. The molecule has 0 aromatic heterocycles. The van der Waals surface area contributed by atoms with Crippen LogP contribution in [0.4, 0.5) is 4.39 Å². The largest absolute Gasteiger partial charge is 0.496 e. The monoisotopic (exact) mass is 328 g/mol. The minimum Gasteiger partial charge on any atom is -0.496 e. The summed E-state index contributed by atoms with van der Waals surface area (Å²) >= 11 is 0. The molecule has 24 heavy (non-hydrogen) atoms. The fourth-order valence-corrected chi connectivity index (χ4v) is 2.31. The Bertz CT molecular complexity index is 758. The van der Waals surface area contributed by atoms with Crippen molar-refractivity contribution >= 4 is 5.91 Å². The summed E-state index contributed by atoms with van der Waals surface area (Å²) in [5.74, 6) is -0.532. The standard InChI is InChI=1S/C18H17FN2O3/c1-24-17-8-3-2-7-14(17)15(11-20)21-18(23)10-16(22)12-5-4-6-13(19)9-12/h2-9,15-16,22H,10H2,1H3,(H,21,23). The molecule has 0 bridgehead atoms. The second-order valence-electron chi connectivity index (χ2n) is 5.15. The number of hydrogen-bond acceptors (Lipinski definition) is 4. The van der Waals surface area contributed by atoms with Crippen molar-refractivity contribution in [1.82, 2.24) is 5.32 Å². The molecule has 0 aliphatic carbocycles. The van der Waals surface area contributed by atoms with E-state index in [2.05, 4.69) is 5.32 Å². The first-order valence-electron chi connectivity index (χ1n) is 7.30. The number of aliphatic hydroxyl groups is 1. The Morgan fingerprint density at radius 3 is 2.75 bits per heavy atom. The fourth-order valence-electron chi connectivity index (χ4n) is 2.31. The summed E-state index contributed by atoms with van der Waals surface area (Å²) < 4.78 is 18.3. The smallest absolute Gasteiger partial charge is 0.224 e. The number of aliphatic hydroxyl groups excluding tert-OH is 1. The number of ether oxygens (including phenoxy) is 1. The van der Waals surface area contributed by atoms with Gasteiger partial charge in [-0.25, -0.2) is 4.39 Å². The maximum Gasteiger partial charge on any atom is 0.224 e. The number of carbonyl (C=O) groups is 1. The van der Waals surface area contributed by atoms with Gasteiger partial charge in [0.15, 0.2) is 0 Å². The van der Waals surface area contributed by atoms with Crippen LogP contribution in [0.5, 0.6) is 5.75 Å². The topological polar surface area (TPSA) is 82.3 Å². The summed E-state index contributed by atoms with van der Waals surface area (Å²) in [6.07, 6.45) is -1.44. The minimum atomic E-state index is -1.15. The molecule has 0 radical (unpaired) electrons. The van der Waals surface area contributed by atoms with Crippen LogP contribution in [0.25, 0.3) is 0 Å². The number of carbonyl (C=O) groups excluding carboxylic acids is 1. The van der Waals surface area contributed by atoms with E-state index >= 15 is 0 Å². The summed E-state index contributed by atoms with van der Waals surface area (Å²) in [5, 5.41) is 21.9. The number of halogens is 1. The van der Waals surface area contributed by atoms with Gasteiger partial charge in [0.25, 0.3) is 0 Å². The van der Waals surface area contributed by atoms with Crippen LogP contribution in [0.15, 0.2) is 48.5 Å². The fraction of sp³-hybridized carbons (Fsp3) is 0.222. The lowest BCUT2D eigenvalue weighted by Crippen LogP contribution is -2.29. The highest BCUT2D eigenvalue weighted by Crippen LogP contribution is 2.25. The summed E-state index contributed by atoms with van der Waals surface area (Å²) in [6.45, 7) is 0. The number of hydrogen-bond donors (Lipinski definition) is 2. The number of benzene rings is 2. The van der Waals surface area contributed by atoms with E-state index in [1.165, 1.54) is 31.4 Å². The minimum absolute atomic E-state index is 0.281. The molecule has 6 heteroatoms. The van der Waals surface area contributed by atoms with Gasteiger partial charge in [-0.3, -0.25) is 4.79 Å². The van der Waals surface area contributed by atoms with Gasteiger partial charge < -0.3 is 15.2 Å². The van der Waals surface area contributed by atoms with Crippen LogP contribution in [-0.4, -0.2) is 18.1 Å². The van der Waals surface area contributed by atoms with Crippen molar-refractivity contribution in [2.75, 3.05) is 7.11 Å². The van der Waals surface area contributed by atoms with Gasteiger partial charge in [-0.05, 0) is 23.8 Å². The molecule has 2 unspecified atom stereocenters. The molecule has 0 aliphatic rings. The predicted molar refractivity (Wildman–Crippen MR) is 85.5 cm³/mol. The molecule has 2 aromatic rings. The SMILES string of the molecule is COc1ccccc1C(C#N)NC(=O)CC(O)c1cccc(F)c1.